The predicted molar refractivity (Wildman–Crippen MR) is 62.1 cm³/mol. The number of ether oxygens (including phenoxy) is 3. The molecule has 0 bridgehead atoms. The maximum Gasteiger partial charge on any atom is 0.508 e. The van der Waals surface area contributed by atoms with Crippen LogP contribution >= 0.6 is 0 Å². The first-order valence-corrected chi connectivity index (χ1v) is 5.92. The van der Waals surface area contributed by atoms with Gasteiger partial charge in [0, 0.05) is 12.3 Å². The Hall–Kier alpha value is -2.13. The Kier molecular flexibility index (Phi) is 2.69. The third-order valence-corrected chi connectivity index (χ3v) is 3.41. The van der Waals surface area contributed by atoms with Crippen LogP contribution in [-0.4, -0.2) is 45.2 Å². The first kappa shape index (κ1) is 12.9. The Balaban J connectivity index is 2.00. The normalized spacial score (nSPS) is 36.1. The molecule has 0 radical (unpaired) electrons. The molecule has 2 unspecified atom stereocenters. The van der Waals surface area contributed by atoms with Crippen molar-refractivity contribution in [2.45, 2.75) is 31.0 Å². The fourth-order valence-corrected chi connectivity index (χ4v) is 2.46. The van der Waals surface area contributed by atoms with Crippen molar-refractivity contribution in [2.75, 3.05) is 6.61 Å². The zero-order chi connectivity index (χ0) is 14.5. The number of nitrogens with one attached hydrogen (secondary N) is 1. The Morgan fingerprint density at radius 1 is 1.45 bits per heavy atom. The Morgan fingerprint density at radius 2 is 2.20 bits per heavy atom. The highest BCUT2D eigenvalue weighted by Gasteiger charge is 2.58. The van der Waals surface area contributed by atoms with E-state index < -0.39 is 41.4 Å². The van der Waals surface area contributed by atoms with E-state index in [1.54, 1.807) is 0 Å². The van der Waals surface area contributed by atoms with Crippen LogP contribution in [0.5, 0.6) is 0 Å². The van der Waals surface area contributed by atoms with Gasteiger partial charge in [0.25, 0.3) is 5.56 Å². The second kappa shape index (κ2) is 4.18. The molecule has 3 heterocycles. The second-order valence-electron chi connectivity index (χ2n) is 4.87. The number of fused-ring (bicyclic) bond motifs is 1. The minimum absolute atomic E-state index is 0.0751. The largest absolute Gasteiger partial charge is 0.508 e. The van der Waals surface area contributed by atoms with Gasteiger partial charge in [0.15, 0.2) is 12.3 Å². The molecule has 0 spiro atoms. The molecule has 1 aromatic heterocycles. The molecule has 0 aromatic carbocycles. The number of hydrogen-bond donors (Lipinski definition) is 2. The van der Waals surface area contributed by atoms with Crippen LogP contribution in [-0.2, 0) is 14.2 Å². The van der Waals surface area contributed by atoms with Gasteiger partial charge in [-0.05, 0) is 6.92 Å². The summed E-state index contributed by atoms with van der Waals surface area (Å²) in [6, 6.07) is 1.13. The number of rotatable bonds is 1. The number of nitrogens with zero attached hydrogens (tertiary/aromatic N) is 1. The average molecular weight is 284 g/mol. The Bertz CT molecular complexity index is 661. The van der Waals surface area contributed by atoms with Gasteiger partial charge in [0.1, 0.15) is 18.3 Å². The summed E-state index contributed by atoms with van der Waals surface area (Å²) in [4.78, 5) is 36.0. The van der Waals surface area contributed by atoms with Crippen LogP contribution in [0.4, 0.5) is 4.79 Å². The molecule has 0 aliphatic carbocycles. The molecular weight excluding hydrogens is 272 g/mol. The lowest BCUT2D eigenvalue weighted by molar-refractivity contribution is -0.111. The van der Waals surface area contributed by atoms with Crippen molar-refractivity contribution in [3.8, 4) is 0 Å². The highest BCUT2D eigenvalue weighted by Crippen LogP contribution is 2.40. The SMILES string of the molecule is C[C@@]1(O)C(n2ccc(=O)[nH]c2=O)OC2COC(=O)O[C@H]21. The van der Waals surface area contributed by atoms with Crippen molar-refractivity contribution in [1.82, 2.24) is 9.55 Å². The number of aromatic amines is 1. The monoisotopic (exact) mass is 284 g/mol. The summed E-state index contributed by atoms with van der Waals surface area (Å²) in [6.45, 7) is 1.31. The number of cyclic esters (lactones) is 1. The van der Waals surface area contributed by atoms with E-state index in [4.69, 9.17) is 9.47 Å². The highest BCUT2D eigenvalue weighted by molar-refractivity contribution is 5.61. The molecule has 0 amide bonds. The molecule has 2 fully saturated rings. The summed E-state index contributed by atoms with van der Waals surface area (Å²) in [5.74, 6) is 0. The minimum atomic E-state index is -1.63. The summed E-state index contributed by atoms with van der Waals surface area (Å²) in [7, 11) is 0. The molecule has 1 aromatic rings. The third kappa shape index (κ3) is 1.82. The number of carbonyl (C=O) groups excluding carboxylic acids is 1. The lowest BCUT2D eigenvalue weighted by Gasteiger charge is -2.31. The topological polar surface area (TPSA) is 120 Å². The van der Waals surface area contributed by atoms with Crippen molar-refractivity contribution in [3.63, 3.8) is 0 Å². The van der Waals surface area contributed by atoms with Gasteiger partial charge < -0.3 is 19.3 Å². The molecule has 0 saturated carbocycles. The zero-order valence-corrected chi connectivity index (χ0v) is 10.4. The molecule has 3 rings (SSSR count). The smallest absolute Gasteiger partial charge is 0.431 e. The van der Waals surface area contributed by atoms with Crippen molar-refractivity contribution in [3.05, 3.63) is 33.1 Å². The number of hydrogen-bond acceptors (Lipinski definition) is 7. The van der Waals surface area contributed by atoms with E-state index in [-0.39, 0.29) is 6.61 Å². The summed E-state index contributed by atoms with van der Waals surface area (Å²) >= 11 is 0. The maximum absolute atomic E-state index is 11.8. The average Bonchev–Trinajstić information content (AvgIpc) is 2.62. The molecule has 9 heteroatoms. The number of H-pyrrole nitrogens is 1. The molecule has 20 heavy (non-hydrogen) atoms. The van der Waals surface area contributed by atoms with Gasteiger partial charge in [-0.1, -0.05) is 0 Å². The van der Waals surface area contributed by atoms with Crippen LogP contribution in [0.3, 0.4) is 0 Å². The van der Waals surface area contributed by atoms with Crippen molar-refractivity contribution >= 4 is 6.16 Å². The Labute approximate surface area is 111 Å². The van der Waals surface area contributed by atoms with Gasteiger partial charge in [-0.25, -0.2) is 9.59 Å². The van der Waals surface area contributed by atoms with Crippen LogP contribution < -0.4 is 11.2 Å². The number of carbonyl (C=O) groups is 1. The maximum atomic E-state index is 11.8. The fourth-order valence-electron chi connectivity index (χ4n) is 2.46. The summed E-state index contributed by atoms with van der Waals surface area (Å²) in [5.41, 5.74) is -2.92. The molecule has 2 saturated heterocycles. The molecule has 2 N–H and O–H groups in total. The molecular formula is C11H12N2O7. The van der Waals surface area contributed by atoms with Crippen molar-refractivity contribution in [1.29, 1.82) is 0 Å². The van der Waals surface area contributed by atoms with E-state index in [0.717, 1.165) is 10.6 Å². The first-order chi connectivity index (χ1) is 9.39. The lowest BCUT2D eigenvalue weighted by Crippen LogP contribution is -2.51. The zero-order valence-electron chi connectivity index (χ0n) is 10.4. The van der Waals surface area contributed by atoms with E-state index in [2.05, 4.69) is 9.72 Å². The third-order valence-electron chi connectivity index (χ3n) is 3.41. The molecule has 9 nitrogen and oxygen atoms in total. The van der Waals surface area contributed by atoms with E-state index >= 15 is 0 Å². The van der Waals surface area contributed by atoms with E-state index in [0.29, 0.717) is 0 Å². The Morgan fingerprint density at radius 3 is 2.90 bits per heavy atom. The van der Waals surface area contributed by atoms with Gasteiger partial charge in [-0.15, -0.1) is 0 Å². The summed E-state index contributed by atoms with van der Waals surface area (Å²) in [6.07, 6.45) is -2.43. The summed E-state index contributed by atoms with van der Waals surface area (Å²) < 4.78 is 16.2. The number of aromatic nitrogens is 2. The van der Waals surface area contributed by atoms with Gasteiger partial charge in [-0.2, -0.15) is 0 Å². The molecule has 108 valence electrons. The van der Waals surface area contributed by atoms with E-state index in [9.17, 15) is 19.5 Å². The van der Waals surface area contributed by atoms with Gasteiger partial charge in [-0.3, -0.25) is 14.3 Å². The first-order valence-electron chi connectivity index (χ1n) is 5.92. The molecule has 2 aliphatic rings. The minimum Gasteiger partial charge on any atom is -0.431 e. The fraction of sp³-hybridized carbons (Fsp3) is 0.545. The quantitative estimate of drug-likeness (QED) is 0.616. The van der Waals surface area contributed by atoms with Crippen LogP contribution in [0.1, 0.15) is 13.2 Å². The standard InChI is InChI=1S/C11H12N2O7/c1-11(17)7-5(4-18-10(16)20-7)19-8(11)13-3-2-6(14)12-9(13)15/h2-3,5,7-8,17H,4H2,1H3,(H,12,14,15)/t5?,7-,8?,11+/m1/s1. The summed E-state index contributed by atoms with van der Waals surface area (Å²) in [5, 5.41) is 10.5. The molecule has 4 atom stereocenters. The highest BCUT2D eigenvalue weighted by atomic mass is 16.8. The van der Waals surface area contributed by atoms with E-state index in [1.165, 1.54) is 13.1 Å². The van der Waals surface area contributed by atoms with Crippen LogP contribution in [0.25, 0.3) is 0 Å². The van der Waals surface area contributed by atoms with Crippen molar-refractivity contribution in [2.24, 2.45) is 0 Å². The predicted octanol–water partition coefficient (Wildman–Crippen LogP) is -1.28. The van der Waals surface area contributed by atoms with Crippen LogP contribution in [0.15, 0.2) is 21.9 Å². The van der Waals surface area contributed by atoms with Gasteiger partial charge in [0.05, 0.1) is 0 Å². The van der Waals surface area contributed by atoms with Crippen LogP contribution in [0.2, 0.25) is 0 Å². The van der Waals surface area contributed by atoms with Crippen molar-refractivity contribution < 1.29 is 24.1 Å². The molecule has 2 aliphatic heterocycles. The van der Waals surface area contributed by atoms with Gasteiger partial charge in [0.2, 0.25) is 0 Å². The number of aliphatic hydroxyl groups is 1. The van der Waals surface area contributed by atoms with Gasteiger partial charge >= 0.3 is 11.8 Å². The van der Waals surface area contributed by atoms with Crippen LogP contribution in [0, 0.1) is 0 Å². The second-order valence-corrected chi connectivity index (χ2v) is 4.87. The lowest BCUT2D eigenvalue weighted by atomic mass is 9.96. The van der Waals surface area contributed by atoms with E-state index in [1.807, 2.05) is 0 Å².